The minimum atomic E-state index is -3.67. The van der Waals surface area contributed by atoms with Crippen molar-refractivity contribution >= 4 is 21.7 Å². The van der Waals surface area contributed by atoms with Gasteiger partial charge in [-0.15, -0.1) is 0 Å². The highest BCUT2D eigenvalue weighted by molar-refractivity contribution is 7.89. The summed E-state index contributed by atoms with van der Waals surface area (Å²) < 4.78 is 27.7. The van der Waals surface area contributed by atoms with Gasteiger partial charge in [-0.3, -0.25) is 9.89 Å². The number of benzene rings is 2. The summed E-state index contributed by atoms with van der Waals surface area (Å²) in [5.74, 6) is 0.0447. The van der Waals surface area contributed by atoms with Gasteiger partial charge in [0.25, 0.3) is 5.91 Å². The molecule has 1 aliphatic heterocycles. The second-order valence-corrected chi connectivity index (χ2v) is 10.0. The Balaban J connectivity index is 1.32. The van der Waals surface area contributed by atoms with E-state index in [1.807, 2.05) is 24.3 Å². The fourth-order valence-corrected chi connectivity index (χ4v) is 5.43. The highest BCUT2D eigenvalue weighted by atomic mass is 32.2. The van der Waals surface area contributed by atoms with Gasteiger partial charge >= 0.3 is 0 Å². The van der Waals surface area contributed by atoms with Crippen molar-refractivity contribution in [1.82, 2.24) is 14.5 Å². The molecule has 1 aromatic heterocycles. The Morgan fingerprint density at radius 3 is 2.53 bits per heavy atom. The van der Waals surface area contributed by atoms with Gasteiger partial charge < -0.3 is 5.32 Å². The molecule has 1 amide bonds. The van der Waals surface area contributed by atoms with Gasteiger partial charge in [-0.25, -0.2) is 8.42 Å². The molecule has 8 nitrogen and oxygen atoms in total. The maximum Gasteiger partial charge on any atom is 0.256 e. The number of fused-ring (bicyclic) bond motifs is 1. The van der Waals surface area contributed by atoms with Crippen molar-refractivity contribution in [3.63, 3.8) is 0 Å². The monoisotopic (exact) mass is 447 g/mol. The van der Waals surface area contributed by atoms with Gasteiger partial charge in [0.1, 0.15) is 11.6 Å². The average Bonchev–Trinajstić information content (AvgIpc) is 3.59. The highest BCUT2D eigenvalue weighted by Gasteiger charge is 2.31. The fourth-order valence-electron chi connectivity index (χ4n) is 4.01. The highest BCUT2D eigenvalue weighted by Crippen LogP contribution is 2.41. The van der Waals surface area contributed by atoms with Crippen LogP contribution in [0.3, 0.4) is 0 Å². The molecular weight excluding hydrogens is 426 g/mol. The van der Waals surface area contributed by atoms with E-state index in [0.29, 0.717) is 31.0 Å². The Labute approximate surface area is 185 Å². The molecule has 5 rings (SSSR count). The molecule has 3 aromatic rings. The van der Waals surface area contributed by atoms with E-state index in [0.717, 1.165) is 24.1 Å². The summed E-state index contributed by atoms with van der Waals surface area (Å²) in [5, 5.41) is 19.0. The average molecular weight is 448 g/mol. The lowest BCUT2D eigenvalue weighted by Crippen LogP contribution is -2.35. The predicted molar refractivity (Wildman–Crippen MR) is 117 cm³/mol. The molecule has 0 spiro atoms. The first-order chi connectivity index (χ1) is 15.5. The van der Waals surface area contributed by atoms with Crippen LogP contribution >= 0.6 is 0 Å². The minimum absolute atomic E-state index is 0.141. The molecule has 2 heterocycles. The molecule has 2 aliphatic rings. The van der Waals surface area contributed by atoms with Crippen LogP contribution in [0.25, 0.3) is 0 Å². The Bertz CT molecular complexity index is 1330. The third-order valence-electron chi connectivity index (χ3n) is 5.97. The Morgan fingerprint density at radius 1 is 1.12 bits per heavy atom. The summed E-state index contributed by atoms with van der Waals surface area (Å²) in [7, 11) is -3.67. The van der Waals surface area contributed by atoms with Crippen molar-refractivity contribution < 1.29 is 13.2 Å². The Morgan fingerprint density at radius 2 is 1.84 bits per heavy atom. The van der Waals surface area contributed by atoms with E-state index >= 15 is 0 Å². The summed E-state index contributed by atoms with van der Waals surface area (Å²) in [4.78, 5) is 12.8. The van der Waals surface area contributed by atoms with E-state index in [2.05, 4.69) is 21.6 Å². The molecule has 0 bridgehead atoms. The van der Waals surface area contributed by atoms with Crippen molar-refractivity contribution in [3.8, 4) is 6.07 Å². The van der Waals surface area contributed by atoms with E-state index in [4.69, 9.17) is 0 Å². The van der Waals surface area contributed by atoms with Crippen LogP contribution in [0.1, 0.15) is 51.5 Å². The topological polar surface area (TPSA) is 119 Å². The van der Waals surface area contributed by atoms with Gasteiger partial charge in [0.05, 0.1) is 10.6 Å². The first-order valence-electron chi connectivity index (χ1n) is 10.4. The van der Waals surface area contributed by atoms with E-state index < -0.39 is 15.9 Å². The number of anilines is 1. The second kappa shape index (κ2) is 7.89. The summed E-state index contributed by atoms with van der Waals surface area (Å²) in [6.07, 6.45) is 2.68. The van der Waals surface area contributed by atoms with Gasteiger partial charge in [-0.05, 0) is 54.7 Å². The van der Waals surface area contributed by atoms with E-state index in [1.165, 1.54) is 34.1 Å². The molecule has 162 valence electrons. The molecular formula is C23H21N5O3S. The SMILES string of the molecule is N#Cc1c(NC(=O)c2ccc(S(=O)(=O)N3CCc4ccccc4C3)cc2)n[nH]c1C1CC1. The molecule has 1 saturated carbocycles. The number of nitriles is 1. The van der Waals surface area contributed by atoms with Gasteiger partial charge in [0.2, 0.25) is 10.0 Å². The van der Waals surface area contributed by atoms with Crippen LogP contribution in [0.5, 0.6) is 0 Å². The smallest absolute Gasteiger partial charge is 0.256 e. The molecule has 1 fully saturated rings. The van der Waals surface area contributed by atoms with Crippen LogP contribution in [0.4, 0.5) is 5.82 Å². The standard InChI is InChI=1S/C23H21N5O3S/c24-13-20-21(16-5-6-16)26-27-22(20)25-23(29)17-7-9-19(10-8-17)32(30,31)28-12-11-15-3-1-2-4-18(15)14-28/h1-4,7-10,16H,5-6,11-12,14H2,(H2,25,26,27,29). The molecule has 2 N–H and O–H groups in total. The number of nitrogens with zero attached hydrogens (tertiary/aromatic N) is 3. The first-order valence-corrected chi connectivity index (χ1v) is 11.9. The molecule has 32 heavy (non-hydrogen) atoms. The zero-order chi connectivity index (χ0) is 22.3. The van der Waals surface area contributed by atoms with Crippen LogP contribution in [-0.4, -0.2) is 35.4 Å². The normalized spacial score (nSPS) is 16.2. The van der Waals surface area contributed by atoms with Crippen molar-refractivity contribution in [2.24, 2.45) is 0 Å². The number of aromatic amines is 1. The molecule has 1 aliphatic carbocycles. The molecule has 0 radical (unpaired) electrons. The van der Waals surface area contributed by atoms with Crippen LogP contribution in [-0.2, 0) is 23.0 Å². The van der Waals surface area contributed by atoms with Gasteiger partial charge in [0.15, 0.2) is 5.82 Å². The fraction of sp³-hybridized carbons (Fsp3) is 0.261. The molecule has 0 atom stereocenters. The predicted octanol–water partition coefficient (Wildman–Crippen LogP) is 3.16. The van der Waals surface area contributed by atoms with E-state index in [9.17, 15) is 18.5 Å². The lowest BCUT2D eigenvalue weighted by atomic mass is 10.0. The number of amides is 1. The third-order valence-corrected chi connectivity index (χ3v) is 7.83. The quantitative estimate of drug-likeness (QED) is 0.623. The summed E-state index contributed by atoms with van der Waals surface area (Å²) in [6, 6.07) is 15.8. The lowest BCUT2D eigenvalue weighted by Gasteiger charge is -2.28. The molecule has 0 saturated heterocycles. The maximum atomic E-state index is 13.1. The number of hydrogen-bond donors (Lipinski definition) is 2. The number of hydrogen-bond acceptors (Lipinski definition) is 5. The number of carbonyl (C=O) groups is 1. The van der Waals surface area contributed by atoms with E-state index in [1.54, 1.807) is 0 Å². The number of aromatic nitrogens is 2. The number of sulfonamides is 1. The minimum Gasteiger partial charge on any atom is -0.304 e. The second-order valence-electron chi connectivity index (χ2n) is 8.08. The molecule has 0 unspecified atom stereocenters. The van der Waals surface area contributed by atoms with Crippen LogP contribution < -0.4 is 5.32 Å². The zero-order valence-electron chi connectivity index (χ0n) is 17.2. The zero-order valence-corrected chi connectivity index (χ0v) is 18.0. The number of H-pyrrole nitrogens is 1. The summed E-state index contributed by atoms with van der Waals surface area (Å²) in [6.45, 7) is 0.751. The summed E-state index contributed by atoms with van der Waals surface area (Å²) >= 11 is 0. The van der Waals surface area contributed by atoms with Crippen LogP contribution in [0.15, 0.2) is 53.4 Å². The first kappa shape index (κ1) is 20.4. The number of rotatable bonds is 5. The molecule has 2 aromatic carbocycles. The van der Waals surface area contributed by atoms with Gasteiger partial charge in [-0.1, -0.05) is 24.3 Å². The van der Waals surface area contributed by atoms with Crippen LogP contribution in [0.2, 0.25) is 0 Å². The van der Waals surface area contributed by atoms with Crippen molar-refractivity contribution in [3.05, 3.63) is 76.5 Å². The number of carbonyl (C=O) groups excluding carboxylic acids is 1. The van der Waals surface area contributed by atoms with Crippen molar-refractivity contribution in [2.75, 3.05) is 11.9 Å². The molecule has 9 heteroatoms. The maximum absolute atomic E-state index is 13.1. The van der Waals surface area contributed by atoms with Crippen LogP contribution in [0, 0.1) is 11.3 Å². The van der Waals surface area contributed by atoms with Crippen molar-refractivity contribution in [1.29, 1.82) is 5.26 Å². The largest absolute Gasteiger partial charge is 0.304 e. The third kappa shape index (κ3) is 3.68. The number of nitrogens with one attached hydrogen (secondary N) is 2. The van der Waals surface area contributed by atoms with Crippen molar-refractivity contribution in [2.45, 2.75) is 36.6 Å². The lowest BCUT2D eigenvalue weighted by molar-refractivity contribution is 0.102. The van der Waals surface area contributed by atoms with Gasteiger partial charge in [-0.2, -0.15) is 14.7 Å². The van der Waals surface area contributed by atoms with E-state index in [-0.39, 0.29) is 16.3 Å². The summed E-state index contributed by atoms with van der Waals surface area (Å²) in [5.41, 5.74) is 3.58. The Hall–Kier alpha value is -3.48. The Kier molecular flexibility index (Phi) is 5.04. The van der Waals surface area contributed by atoms with Gasteiger partial charge in [0, 0.05) is 24.6 Å².